The number of ether oxygens (including phenoxy) is 5. The minimum absolute atomic E-state index is 0.0365. The molecule has 0 saturated carbocycles. The Kier molecular flexibility index (Phi) is 7.59. The van der Waals surface area contributed by atoms with Crippen molar-refractivity contribution in [2.45, 2.75) is 68.7 Å². The van der Waals surface area contributed by atoms with Gasteiger partial charge in [-0.25, -0.2) is 0 Å². The Morgan fingerprint density at radius 3 is 2.70 bits per heavy atom. The fraction of sp³-hybridized carbons (Fsp3) is 0.485. The molecule has 0 spiro atoms. The van der Waals surface area contributed by atoms with Crippen molar-refractivity contribution in [3.05, 3.63) is 52.1 Å². The minimum Gasteiger partial charge on any atom is -0.504 e. The lowest BCUT2D eigenvalue weighted by Gasteiger charge is -2.62. The molecule has 5 aliphatic rings. The van der Waals surface area contributed by atoms with E-state index in [0.717, 1.165) is 11.1 Å². The number of nitriles is 1. The fourth-order valence-electron chi connectivity index (χ4n) is 8.23. The molecule has 12 nitrogen and oxygen atoms in total. The van der Waals surface area contributed by atoms with Crippen molar-refractivity contribution in [2.24, 2.45) is 5.73 Å². The first-order valence-electron chi connectivity index (χ1n) is 15.2. The normalized spacial score (nSPS) is 29.5. The molecular formula is C33H36N4O8S. The number of carbonyl (C=O) groups is 2. The average molecular weight is 649 g/mol. The van der Waals surface area contributed by atoms with Crippen LogP contribution in [-0.4, -0.2) is 83.8 Å². The van der Waals surface area contributed by atoms with Crippen LogP contribution in [0.25, 0.3) is 0 Å². The molecular weight excluding hydrogens is 612 g/mol. The average Bonchev–Trinajstić information content (AvgIpc) is 3.51. The van der Waals surface area contributed by atoms with Crippen LogP contribution in [0, 0.1) is 25.2 Å². The van der Waals surface area contributed by atoms with Gasteiger partial charge in [-0.1, -0.05) is 12.1 Å². The lowest BCUT2D eigenvalue weighted by atomic mass is 9.71. The maximum atomic E-state index is 13.0. The van der Waals surface area contributed by atoms with Gasteiger partial charge in [-0.3, -0.25) is 19.4 Å². The summed E-state index contributed by atoms with van der Waals surface area (Å²) in [5.74, 6) is 0.861. The Labute approximate surface area is 270 Å². The van der Waals surface area contributed by atoms with Crippen LogP contribution < -0.4 is 24.7 Å². The zero-order valence-electron chi connectivity index (χ0n) is 26.1. The molecule has 0 amide bonds. The highest BCUT2D eigenvalue weighted by molar-refractivity contribution is 7.99. The fourth-order valence-corrected chi connectivity index (χ4v) is 9.67. The second kappa shape index (κ2) is 11.4. The van der Waals surface area contributed by atoms with Crippen molar-refractivity contribution < 1.29 is 38.4 Å². The monoisotopic (exact) mass is 648 g/mol. The van der Waals surface area contributed by atoms with E-state index in [2.05, 4.69) is 22.4 Å². The third-order valence-electron chi connectivity index (χ3n) is 9.85. The van der Waals surface area contributed by atoms with Crippen LogP contribution in [0.3, 0.4) is 0 Å². The lowest BCUT2D eigenvalue weighted by Crippen LogP contribution is -2.70. The Morgan fingerprint density at radius 2 is 2.00 bits per heavy atom. The zero-order chi connectivity index (χ0) is 32.6. The molecule has 5 heterocycles. The van der Waals surface area contributed by atoms with E-state index in [-0.39, 0.29) is 30.9 Å². The molecule has 2 fully saturated rings. The molecule has 2 aromatic rings. The highest BCUT2D eigenvalue weighted by atomic mass is 32.2. The maximum Gasteiger partial charge on any atom is 0.323 e. The standard InChI is InChI=1S/C33H36N4O8S/c1-6-7-36-19-9-17-8-14(2)28(41-5)27(39)22(17)25(36)26-32-24-23(31-30(43-13-44-31)15(3)29(24)45-16(4)38)21(37(26)20(19)10-34)11-42-33(40)18(35)12-46-32/h6,8,18-21,25-26,32,39H,1,7,9,11-13,35H2,2-5H3/t18?,19-,20+,21+,25?,26?,32-/m1/s1. The first-order valence-corrected chi connectivity index (χ1v) is 16.3. The van der Waals surface area contributed by atoms with Crippen molar-refractivity contribution in [3.8, 4) is 34.8 Å². The Balaban J connectivity index is 1.58. The number of nitrogens with two attached hydrogens (primary N) is 1. The predicted octanol–water partition coefficient (Wildman–Crippen LogP) is 3.12. The molecule has 46 heavy (non-hydrogen) atoms. The van der Waals surface area contributed by atoms with Crippen LogP contribution >= 0.6 is 11.8 Å². The number of phenols is 1. The first kappa shape index (κ1) is 30.7. The lowest BCUT2D eigenvalue weighted by molar-refractivity contribution is -0.150. The molecule has 5 aliphatic heterocycles. The molecule has 2 saturated heterocycles. The summed E-state index contributed by atoms with van der Waals surface area (Å²) in [6.45, 7) is 9.38. The molecule has 0 radical (unpaired) electrons. The van der Waals surface area contributed by atoms with Gasteiger partial charge in [0.1, 0.15) is 24.4 Å². The highest BCUT2D eigenvalue weighted by Gasteiger charge is 2.61. The van der Waals surface area contributed by atoms with Gasteiger partial charge in [0.15, 0.2) is 23.0 Å². The quantitative estimate of drug-likeness (QED) is 0.284. The number of aromatic hydroxyl groups is 1. The number of rotatable bonds is 4. The molecule has 242 valence electrons. The summed E-state index contributed by atoms with van der Waals surface area (Å²) in [4.78, 5) is 30.0. The summed E-state index contributed by atoms with van der Waals surface area (Å²) in [7, 11) is 1.53. The Morgan fingerprint density at radius 1 is 1.24 bits per heavy atom. The van der Waals surface area contributed by atoms with Crippen molar-refractivity contribution in [3.63, 3.8) is 0 Å². The summed E-state index contributed by atoms with van der Waals surface area (Å²) in [6, 6.07) is 1.15. The second-order valence-electron chi connectivity index (χ2n) is 12.3. The van der Waals surface area contributed by atoms with Gasteiger partial charge < -0.3 is 34.5 Å². The van der Waals surface area contributed by atoms with E-state index in [9.17, 15) is 20.0 Å². The van der Waals surface area contributed by atoms with Crippen LogP contribution in [0.5, 0.6) is 28.7 Å². The van der Waals surface area contributed by atoms with Gasteiger partial charge in [0.2, 0.25) is 6.79 Å². The summed E-state index contributed by atoms with van der Waals surface area (Å²) < 4.78 is 29.6. The Hall–Kier alpha value is -3.96. The number of thioether (sulfide) groups is 1. The van der Waals surface area contributed by atoms with Gasteiger partial charge in [-0.05, 0) is 31.4 Å². The van der Waals surface area contributed by atoms with E-state index in [4.69, 9.17) is 29.4 Å². The van der Waals surface area contributed by atoms with E-state index in [1.165, 1.54) is 25.8 Å². The second-order valence-corrected chi connectivity index (χ2v) is 13.5. The van der Waals surface area contributed by atoms with Crippen LogP contribution in [-0.2, 0) is 20.7 Å². The summed E-state index contributed by atoms with van der Waals surface area (Å²) in [5.41, 5.74) is 10.8. The molecule has 0 aliphatic carbocycles. The van der Waals surface area contributed by atoms with E-state index in [1.54, 1.807) is 6.08 Å². The zero-order valence-corrected chi connectivity index (χ0v) is 26.9. The first-order chi connectivity index (χ1) is 22.1. The van der Waals surface area contributed by atoms with Crippen molar-refractivity contribution in [1.29, 1.82) is 5.26 Å². The minimum atomic E-state index is -0.907. The number of carbonyl (C=O) groups excluding carboxylic acids is 2. The predicted molar refractivity (Wildman–Crippen MR) is 167 cm³/mol. The SMILES string of the molecule is C=CCN1C2c3c(cc(C)c(OC)c3O)C[C@@H]1[C@H](C#N)N1C2[C@@H]2SCC(N)C(=O)OC[C@H]1c1c3c(c(C)c(OC(C)=O)c12)OCO3. The smallest absolute Gasteiger partial charge is 0.323 e. The Bertz CT molecular complexity index is 1710. The van der Waals surface area contributed by atoms with Crippen molar-refractivity contribution >= 4 is 23.7 Å². The summed E-state index contributed by atoms with van der Waals surface area (Å²) >= 11 is 1.43. The van der Waals surface area contributed by atoms with Crippen LogP contribution in [0.2, 0.25) is 0 Å². The topological polar surface area (TPSA) is 157 Å². The molecule has 2 aromatic carbocycles. The largest absolute Gasteiger partial charge is 0.504 e. The van der Waals surface area contributed by atoms with Crippen molar-refractivity contribution in [1.82, 2.24) is 9.80 Å². The maximum absolute atomic E-state index is 13.0. The van der Waals surface area contributed by atoms with E-state index in [1.807, 2.05) is 19.9 Å². The van der Waals surface area contributed by atoms with Gasteiger partial charge in [-0.15, -0.1) is 18.3 Å². The van der Waals surface area contributed by atoms with Gasteiger partial charge in [0.25, 0.3) is 0 Å². The number of benzene rings is 2. The van der Waals surface area contributed by atoms with Gasteiger partial charge in [0.05, 0.1) is 30.5 Å². The van der Waals surface area contributed by atoms with E-state index < -0.39 is 47.4 Å². The number of nitrogens with zero attached hydrogens (tertiary/aromatic N) is 3. The van der Waals surface area contributed by atoms with Crippen LogP contribution in [0.4, 0.5) is 0 Å². The molecule has 13 heteroatoms. The number of hydrogen-bond donors (Lipinski definition) is 2. The van der Waals surface area contributed by atoms with E-state index >= 15 is 0 Å². The molecule has 7 atom stereocenters. The van der Waals surface area contributed by atoms with Crippen molar-refractivity contribution in [2.75, 3.05) is 32.8 Å². The molecule has 0 aromatic heterocycles. The highest BCUT2D eigenvalue weighted by Crippen LogP contribution is 2.64. The van der Waals surface area contributed by atoms with Crippen LogP contribution in [0.1, 0.15) is 57.6 Å². The number of cyclic esters (lactones) is 1. The van der Waals surface area contributed by atoms with Gasteiger partial charge in [-0.2, -0.15) is 5.26 Å². The number of piperazine rings is 1. The number of hydrogen-bond acceptors (Lipinski definition) is 13. The number of methoxy groups -OCH3 is 1. The third kappa shape index (κ3) is 4.31. The number of fused-ring (bicyclic) bond motifs is 9. The van der Waals surface area contributed by atoms with Gasteiger partial charge in [0, 0.05) is 53.6 Å². The number of aryl methyl sites for hydroxylation is 1. The van der Waals surface area contributed by atoms with E-state index in [0.29, 0.717) is 58.2 Å². The summed E-state index contributed by atoms with van der Waals surface area (Å²) in [5, 5.41) is 22.3. The number of phenolic OH excluding ortho intramolecular Hbond substituents is 1. The molecule has 3 unspecified atom stereocenters. The molecule has 4 bridgehead atoms. The third-order valence-corrected chi connectivity index (χ3v) is 11.3. The molecule has 3 N–H and O–H groups in total. The van der Waals surface area contributed by atoms with Gasteiger partial charge >= 0.3 is 11.9 Å². The van der Waals surface area contributed by atoms with Crippen LogP contribution in [0.15, 0.2) is 18.7 Å². The molecule has 7 rings (SSSR count). The summed E-state index contributed by atoms with van der Waals surface area (Å²) in [6.07, 6.45) is 2.30. The number of esters is 2.